The van der Waals surface area contributed by atoms with Crippen molar-refractivity contribution in [2.75, 3.05) is 0 Å². The second-order valence-electron chi connectivity index (χ2n) is 3.03. The van der Waals surface area contributed by atoms with Crippen LogP contribution in [0.2, 0.25) is 0 Å². The molecule has 0 atom stereocenters. The molecular weight excluding hydrogens is 227 g/mol. The summed E-state index contributed by atoms with van der Waals surface area (Å²) in [6.45, 7) is 22.1. The molecule has 0 unspecified atom stereocenters. The third-order valence-corrected chi connectivity index (χ3v) is 1.28. The Kier molecular flexibility index (Phi) is 47.5. The first-order chi connectivity index (χ1) is 5.94. The number of carbonyl (C=O) groups excluding carboxylic acids is 3. The summed E-state index contributed by atoms with van der Waals surface area (Å²) < 4.78 is 0. The van der Waals surface area contributed by atoms with E-state index in [9.17, 15) is 0 Å². The number of allylic oxidation sites excluding steroid dienone is 1. The molecule has 14 heavy (non-hydrogen) atoms. The van der Waals surface area contributed by atoms with Crippen LogP contribution in [0.5, 0.6) is 0 Å². The van der Waals surface area contributed by atoms with Gasteiger partial charge in [0.25, 0.3) is 0 Å². The molecule has 4 heteroatoms. The molecule has 0 radical (unpaired) electrons. The summed E-state index contributed by atoms with van der Waals surface area (Å²) in [4.78, 5) is 23.2. The van der Waals surface area contributed by atoms with Gasteiger partial charge < -0.3 is 14.4 Å². The van der Waals surface area contributed by atoms with Crippen molar-refractivity contribution >= 4 is 20.4 Å². The fraction of sp³-hybridized carbons (Fsp3) is 0.500. The van der Waals surface area contributed by atoms with Crippen LogP contribution in [0, 0.1) is 5.41 Å². The van der Waals surface area contributed by atoms with Gasteiger partial charge in [-0.05, 0) is 12.3 Å². The zero-order valence-electron chi connectivity index (χ0n) is 9.00. The van der Waals surface area contributed by atoms with E-state index in [4.69, 9.17) is 14.4 Å². The second kappa shape index (κ2) is 22.8. The Labute approximate surface area is 97.2 Å². The summed E-state index contributed by atoms with van der Waals surface area (Å²) in [5.74, 6) is 0. The van der Waals surface area contributed by atoms with Gasteiger partial charge >= 0.3 is 16.8 Å². The standard InChI is InChI=1S/C7H14.3CHO.Co/c1-6(2)7(3,4)5;3*1-2;/h1H2,2-5H3;3*1H;/q;3*-1;+3. The number of hydrogen-bond acceptors (Lipinski definition) is 3. The Morgan fingerprint density at radius 1 is 0.929 bits per heavy atom. The smallest absolute Gasteiger partial charge is 0.545 e. The van der Waals surface area contributed by atoms with Crippen LogP contribution in [0.1, 0.15) is 27.7 Å². The van der Waals surface area contributed by atoms with Crippen molar-refractivity contribution in [2.24, 2.45) is 5.41 Å². The fourth-order valence-electron chi connectivity index (χ4n) is 0. The quantitative estimate of drug-likeness (QED) is 0.371. The first-order valence-electron chi connectivity index (χ1n) is 3.31. The minimum atomic E-state index is 0. The van der Waals surface area contributed by atoms with E-state index in [1.165, 1.54) is 5.57 Å². The van der Waals surface area contributed by atoms with E-state index in [-0.39, 0.29) is 16.8 Å². The van der Waals surface area contributed by atoms with Gasteiger partial charge in [0.05, 0.1) is 0 Å². The van der Waals surface area contributed by atoms with Gasteiger partial charge in [-0.25, -0.2) is 0 Å². The van der Waals surface area contributed by atoms with Crippen LogP contribution in [0.25, 0.3) is 0 Å². The number of hydrogen-bond donors (Lipinski definition) is 0. The first-order valence-corrected chi connectivity index (χ1v) is 3.31. The van der Waals surface area contributed by atoms with Crippen molar-refractivity contribution in [3.63, 3.8) is 0 Å². The van der Waals surface area contributed by atoms with Gasteiger partial charge in [-0.2, -0.15) is 0 Å². The molecule has 84 valence electrons. The predicted molar refractivity (Wildman–Crippen MR) is 54.5 cm³/mol. The molecule has 3 nitrogen and oxygen atoms in total. The van der Waals surface area contributed by atoms with Gasteiger partial charge in [0.1, 0.15) is 0 Å². The van der Waals surface area contributed by atoms with Crippen molar-refractivity contribution in [2.45, 2.75) is 27.7 Å². The van der Waals surface area contributed by atoms with E-state index in [0.717, 1.165) is 0 Å². The Balaban J connectivity index is -0.0000000332. The monoisotopic (exact) mass is 244 g/mol. The van der Waals surface area contributed by atoms with E-state index in [2.05, 4.69) is 54.6 Å². The van der Waals surface area contributed by atoms with Crippen LogP contribution in [0.4, 0.5) is 0 Å². The van der Waals surface area contributed by atoms with E-state index in [0.29, 0.717) is 5.41 Å². The van der Waals surface area contributed by atoms with Crippen molar-refractivity contribution in [1.82, 2.24) is 0 Å². The molecule has 0 saturated carbocycles. The summed E-state index contributed by atoms with van der Waals surface area (Å²) in [6, 6.07) is 0. The predicted octanol–water partition coefficient (Wildman–Crippen LogP) is 1.78. The zero-order chi connectivity index (χ0) is 12.1. The van der Waals surface area contributed by atoms with Crippen LogP contribution in [-0.4, -0.2) is 20.4 Å². The summed E-state index contributed by atoms with van der Waals surface area (Å²) in [7, 11) is 0. The number of rotatable bonds is 0. The van der Waals surface area contributed by atoms with Crippen LogP contribution >= 0.6 is 0 Å². The molecule has 0 saturated heterocycles. The molecular formula is C10H17CoO3. The molecule has 0 N–H and O–H groups in total. The van der Waals surface area contributed by atoms with Crippen molar-refractivity contribution in [3.8, 4) is 0 Å². The molecule has 0 amide bonds. The topological polar surface area (TPSA) is 51.2 Å². The zero-order valence-corrected chi connectivity index (χ0v) is 10.0. The summed E-state index contributed by atoms with van der Waals surface area (Å²) >= 11 is 0. The van der Waals surface area contributed by atoms with E-state index >= 15 is 0 Å². The fourth-order valence-corrected chi connectivity index (χ4v) is 0. The van der Waals surface area contributed by atoms with Gasteiger partial charge in [0, 0.05) is 0 Å². The minimum Gasteiger partial charge on any atom is -0.545 e. The van der Waals surface area contributed by atoms with Crippen LogP contribution in [-0.2, 0) is 31.2 Å². The van der Waals surface area contributed by atoms with Crippen LogP contribution in [0.3, 0.4) is 0 Å². The average Bonchev–Trinajstić information content (AvgIpc) is 2.13. The van der Waals surface area contributed by atoms with Gasteiger partial charge in [0.2, 0.25) is 0 Å². The Bertz CT molecular complexity index is 114. The molecule has 0 aliphatic carbocycles. The maximum atomic E-state index is 7.75. The Morgan fingerprint density at radius 3 is 1.00 bits per heavy atom. The Hall–Kier alpha value is -0.744. The van der Waals surface area contributed by atoms with E-state index in [1.54, 1.807) is 0 Å². The Morgan fingerprint density at radius 2 is 1.00 bits per heavy atom. The molecule has 0 fully saturated rings. The molecule has 0 aliphatic rings. The van der Waals surface area contributed by atoms with Gasteiger partial charge in [-0.1, -0.05) is 32.9 Å². The van der Waals surface area contributed by atoms with Crippen LogP contribution < -0.4 is 0 Å². The van der Waals surface area contributed by atoms with Gasteiger partial charge in [0.15, 0.2) is 0 Å². The molecule has 0 aromatic carbocycles. The molecule has 0 aliphatic heterocycles. The van der Waals surface area contributed by atoms with Crippen molar-refractivity contribution in [3.05, 3.63) is 12.2 Å². The normalized spacial score (nSPS) is 6.57. The van der Waals surface area contributed by atoms with Crippen molar-refractivity contribution in [1.29, 1.82) is 0 Å². The average molecular weight is 244 g/mol. The van der Waals surface area contributed by atoms with E-state index < -0.39 is 0 Å². The molecule has 0 bridgehead atoms. The molecule has 0 spiro atoms. The van der Waals surface area contributed by atoms with Crippen molar-refractivity contribution < 1.29 is 31.2 Å². The van der Waals surface area contributed by atoms with Crippen LogP contribution in [0.15, 0.2) is 12.2 Å². The third-order valence-electron chi connectivity index (χ3n) is 1.28. The minimum absolute atomic E-state index is 0. The SMILES string of the molecule is C=C(C)C(C)(C)C.[CH-]=O.[CH-]=O.[CH-]=O.[Co+3]. The maximum Gasteiger partial charge on any atom is 3.00 e. The molecule has 0 aromatic rings. The summed E-state index contributed by atoms with van der Waals surface area (Å²) in [5, 5.41) is 0. The first kappa shape index (κ1) is 29.2. The largest absolute Gasteiger partial charge is 3.00 e. The van der Waals surface area contributed by atoms with Gasteiger partial charge in [-0.3, -0.25) is 20.4 Å². The maximum absolute atomic E-state index is 7.75. The summed E-state index contributed by atoms with van der Waals surface area (Å²) in [6.07, 6.45) is 0. The molecule has 0 aromatic heterocycles. The second-order valence-corrected chi connectivity index (χ2v) is 3.03. The summed E-state index contributed by atoms with van der Waals surface area (Å²) in [5.41, 5.74) is 1.55. The van der Waals surface area contributed by atoms with E-state index in [1.807, 2.05) is 0 Å². The molecule has 0 heterocycles. The molecule has 0 rings (SSSR count). The van der Waals surface area contributed by atoms with Gasteiger partial charge in [-0.15, -0.1) is 0 Å². The third kappa shape index (κ3) is 42.9.